The molecule has 14 nitrogen and oxygen atoms in total. The summed E-state index contributed by atoms with van der Waals surface area (Å²) in [5, 5.41) is 10.7. The van der Waals surface area contributed by atoms with Crippen LogP contribution in [0, 0.1) is 5.92 Å². The second kappa shape index (κ2) is 20.6. The van der Waals surface area contributed by atoms with Crippen molar-refractivity contribution in [2.75, 3.05) is 38.7 Å². The van der Waals surface area contributed by atoms with Crippen LogP contribution >= 0.6 is 23.5 Å². The predicted molar refractivity (Wildman–Crippen MR) is 215 cm³/mol. The minimum absolute atomic E-state index is 0.0985. The summed E-state index contributed by atoms with van der Waals surface area (Å²) in [6.45, 7) is 1.57. The third-order valence-electron chi connectivity index (χ3n) is 11.1. The number of carbonyl (C=O) groups is 7. The van der Waals surface area contributed by atoms with Crippen LogP contribution in [-0.4, -0.2) is 118 Å². The molecule has 0 aromatic heterocycles. The molecule has 2 aliphatic carbocycles. The Labute approximate surface area is 338 Å². The summed E-state index contributed by atoms with van der Waals surface area (Å²) in [5.41, 5.74) is 0.559. The molecule has 1 spiro atoms. The molecule has 56 heavy (non-hydrogen) atoms. The maximum atomic E-state index is 14.7. The number of likely N-dealkylation sites (N-methyl/N-ethyl adjacent to an activating group) is 1. The highest BCUT2D eigenvalue weighted by atomic mass is 32.2. The Bertz CT molecular complexity index is 1560. The number of amides is 6. The molecule has 6 amide bonds. The number of hydrogen-bond donors (Lipinski definition) is 4. The normalized spacial score (nSPS) is 21.3. The highest BCUT2D eigenvalue weighted by molar-refractivity contribution is 8.18. The zero-order chi connectivity index (χ0) is 40.2. The largest absolute Gasteiger partial charge is 0.446 e. The molecule has 0 radical (unpaired) electrons. The Morgan fingerprint density at radius 3 is 2.18 bits per heavy atom. The molecule has 308 valence electrons. The summed E-state index contributed by atoms with van der Waals surface area (Å²) < 4.78 is 5.31. The van der Waals surface area contributed by atoms with E-state index in [4.69, 9.17) is 4.74 Å². The summed E-state index contributed by atoms with van der Waals surface area (Å²) in [5.74, 6) is -2.19. The molecule has 4 atom stereocenters. The van der Waals surface area contributed by atoms with Crippen molar-refractivity contribution in [3.8, 4) is 0 Å². The van der Waals surface area contributed by atoms with Crippen molar-refractivity contribution in [3.63, 3.8) is 0 Å². The maximum absolute atomic E-state index is 14.7. The first-order valence-electron chi connectivity index (χ1n) is 20.1. The van der Waals surface area contributed by atoms with Gasteiger partial charge in [0.2, 0.25) is 29.4 Å². The molecule has 2 aliphatic heterocycles. The summed E-state index contributed by atoms with van der Waals surface area (Å²) in [6, 6.07) is 4.71. The molecule has 2 saturated heterocycles. The molecule has 16 heteroatoms. The highest BCUT2D eigenvalue weighted by Gasteiger charge is 2.52. The molecule has 5 rings (SSSR count). The van der Waals surface area contributed by atoms with Crippen molar-refractivity contribution in [2.45, 2.75) is 125 Å². The second-order valence-corrected chi connectivity index (χ2v) is 18.7. The lowest BCUT2D eigenvalue weighted by Crippen LogP contribution is -2.58. The van der Waals surface area contributed by atoms with E-state index < -0.39 is 64.4 Å². The molecule has 1 aromatic rings. The van der Waals surface area contributed by atoms with E-state index in [2.05, 4.69) is 21.3 Å². The lowest BCUT2D eigenvalue weighted by atomic mass is 9.83. The fraction of sp³-hybridized carbons (Fsp3) is 0.675. The Hall–Kier alpha value is -3.79. The zero-order valence-electron chi connectivity index (χ0n) is 32.8. The highest BCUT2D eigenvalue weighted by Crippen LogP contribution is 2.50. The fourth-order valence-electron chi connectivity index (χ4n) is 8.11. The van der Waals surface area contributed by atoms with Gasteiger partial charge < -0.3 is 35.8 Å². The lowest BCUT2D eigenvalue weighted by Gasteiger charge is -2.35. The van der Waals surface area contributed by atoms with Gasteiger partial charge in [0.05, 0.1) is 16.7 Å². The molecule has 4 N–H and O–H groups in total. The van der Waals surface area contributed by atoms with E-state index in [-0.39, 0.29) is 30.3 Å². The molecular weight excluding hydrogens is 757 g/mol. The number of Topliss-reactive ketones (excluding diaryl/α,β-unsaturated/α-hetero) is 1. The van der Waals surface area contributed by atoms with Crippen LogP contribution in [0.2, 0.25) is 0 Å². The Balaban J connectivity index is 1.27. The van der Waals surface area contributed by atoms with E-state index in [0.29, 0.717) is 24.9 Å². The molecule has 2 saturated carbocycles. The van der Waals surface area contributed by atoms with Gasteiger partial charge in [0.25, 0.3) is 5.91 Å². The smallest absolute Gasteiger partial charge is 0.408 e. The predicted octanol–water partition coefficient (Wildman–Crippen LogP) is 3.69. The van der Waals surface area contributed by atoms with Crippen molar-refractivity contribution in [1.82, 2.24) is 31.1 Å². The van der Waals surface area contributed by atoms with Crippen molar-refractivity contribution in [2.24, 2.45) is 5.92 Å². The van der Waals surface area contributed by atoms with E-state index in [1.807, 2.05) is 6.92 Å². The summed E-state index contributed by atoms with van der Waals surface area (Å²) in [6.07, 6.45) is 9.33. The first kappa shape index (κ1) is 43.3. The maximum Gasteiger partial charge on any atom is 0.408 e. The van der Waals surface area contributed by atoms with E-state index >= 15 is 0 Å². The minimum atomic E-state index is -1.20. The van der Waals surface area contributed by atoms with Gasteiger partial charge in [-0.1, -0.05) is 62.9 Å². The van der Waals surface area contributed by atoms with Crippen LogP contribution < -0.4 is 21.3 Å². The molecule has 4 fully saturated rings. The molecule has 4 aliphatic rings. The Kier molecular flexibility index (Phi) is 15.9. The summed E-state index contributed by atoms with van der Waals surface area (Å²) in [7, 11) is 3.14. The van der Waals surface area contributed by atoms with Crippen LogP contribution in [0.3, 0.4) is 0 Å². The number of ketones is 1. The molecule has 2 heterocycles. The van der Waals surface area contributed by atoms with E-state index in [1.165, 1.54) is 4.90 Å². The second-order valence-electron chi connectivity index (χ2n) is 15.5. The van der Waals surface area contributed by atoms with Crippen molar-refractivity contribution in [1.29, 1.82) is 0 Å². The number of hydrogen-bond acceptors (Lipinski definition) is 10. The number of alkyl carbamates (subject to hydrolysis) is 1. The summed E-state index contributed by atoms with van der Waals surface area (Å²) >= 11 is 3.48. The minimum Gasteiger partial charge on any atom is -0.446 e. The first-order chi connectivity index (χ1) is 26.9. The van der Waals surface area contributed by atoms with Gasteiger partial charge in [0.15, 0.2) is 0 Å². The number of carbonyl (C=O) groups excluding carboxylic acids is 7. The number of nitrogens with one attached hydrogen (secondary N) is 4. The van der Waals surface area contributed by atoms with Crippen LogP contribution in [0.25, 0.3) is 0 Å². The SMILES string of the molecule is CCCC(NC(=O)[C@@H]1CC2(CN1C(=O)[C@@H](NC(=O)OC1CCCC1)C1CCCCC1)SCCCS2)C(=O)C(=O)NCC(=O)NC(C(=O)N(C)C)c1ccccc1. The number of benzene rings is 1. The average molecular weight is 815 g/mol. The van der Waals surface area contributed by atoms with Crippen LogP contribution in [0.1, 0.15) is 102 Å². The van der Waals surface area contributed by atoms with Crippen LogP contribution in [0.15, 0.2) is 30.3 Å². The Morgan fingerprint density at radius 2 is 1.54 bits per heavy atom. The van der Waals surface area contributed by atoms with E-state index in [1.54, 1.807) is 72.9 Å². The first-order valence-corrected chi connectivity index (χ1v) is 22.1. The van der Waals surface area contributed by atoms with Crippen molar-refractivity contribution in [3.05, 3.63) is 35.9 Å². The number of likely N-dealkylation sites (tertiary alicyclic amines) is 1. The summed E-state index contributed by atoms with van der Waals surface area (Å²) in [4.78, 5) is 97.6. The van der Waals surface area contributed by atoms with E-state index in [0.717, 1.165) is 75.7 Å². The van der Waals surface area contributed by atoms with Gasteiger partial charge in [-0.15, -0.1) is 23.5 Å². The third kappa shape index (κ3) is 11.4. The van der Waals surface area contributed by atoms with Gasteiger partial charge in [-0.25, -0.2) is 4.79 Å². The third-order valence-corrected chi connectivity index (χ3v) is 14.4. The van der Waals surface area contributed by atoms with Crippen molar-refractivity contribution < 1.29 is 38.3 Å². The molecule has 0 bridgehead atoms. The number of nitrogens with zero attached hydrogens (tertiary/aromatic N) is 2. The van der Waals surface area contributed by atoms with E-state index in [9.17, 15) is 33.6 Å². The number of ether oxygens (including phenoxy) is 1. The monoisotopic (exact) mass is 814 g/mol. The zero-order valence-corrected chi connectivity index (χ0v) is 34.5. The number of rotatable bonds is 15. The van der Waals surface area contributed by atoms with Gasteiger partial charge in [0, 0.05) is 27.1 Å². The lowest BCUT2D eigenvalue weighted by molar-refractivity contribution is -0.143. The van der Waals surface area contributed by atoms with Gasteiger partial charge >= 0.3 is 6.09 Å². The quantitative estimate of drug-likeness (QED) is 0.191. The standard InChI is InChI=1S/C40H58N6O8S2/c1-4-14-29(34(48)36(50)41-24-31(47)43-32(37(51)45(2)3)26-15-7-5-8-16-26)42-35(49)30-23-40(55-21-13-22-56-40)25-46(30)38(52)33(27-17-9-6-10-18-27)44-39(53)54-28-19-11-12-20-28/h5,7-8,15-16,27-30,32-33H,4,6,9-14,17-25H2,1-3H3,(H,41,50)(H,42,49)(H,43,47)(H,44,53)/t29?,30-,32?,33-/m0/s1. The Morgan fingerprint density at radius 1 is 0.875 bits per heavy atom. The van der Waals surface area contributed by atoms with Gasteiger partial charge in [-0.3, -0.25) is 28.8 Å². The van der Waals surface area contributed by atoms with Crippen LogP contribution in [-0.2, 0) is 33.5 Å². The average Bonchev–Trinajstić information content (AvgIpc) is 3.86. The topological polar surface area (TPSA) is 183 Å². The van der Waals surface area contributed by atoms with Crippen LogP contribution in [0.5, 0.6) is 0 Å². The number of thioether (sulfide) groups is 2. The van der Waals surface area contributed by atoms with Crippen LogP contribution in [0.4, 0.5) is 4.79 Å². The van der Waals surface area contributed by atoms with Gasteiger partial charge in [-0.2, -0.15) is 0 Å². The fourth-order valence-corrected chi connectivity index (χ4v) is 11.5. The van der Waals surface area contributed by atoms with Gasteiger partial charge in [-0.05, 0) is 74.4 Å². The molecular formula is C40H58N6O8S2. The molecule has 2 unspecified atom stereocenters. The van der Waals surface area contributed by atoms with Crippen molar-refractivity contribution >= 4 is 64.9 Å². The molecule has 1 aromatic carbocycles. The van der Waals surface area contributed by atoms with Gasteiger partial charge in [0.1, 0.15) is 24.2 Å².